The van der Waals surface area contributed by atoms with E-state index >= 15 is 0 Å². The van der Waals surface area contributed by atoms with Crippen LogP contribution < -0.4 is 0 Å². The van der Waals surface area contributed by atoms with Crippen molar-refractivity contribution in [1.29, 1.82) is 0 Å². The molecule has 2 aromatic heterocycles. The average molecular weight is 304 g/mol. The first-order chi connectivity index (χ1) is 10.8. The van der Waals surface area contributed by atoms with Gasteiger partial charge in [-0.05, 0) is 0 Å². The van der Waals surface area contributed by atoms with Gasteiger partial charge in [0, 0.05) is 11.1 Å². The fourth-order valence-corrected chi connectivity index (χ4v) is 3.50. The lowest BCUT2D eigenvalue weighted by Gasteiger charge is -2.02. The summed E-state index contributed by atoms with van der Waals surface area (Å²) in [5.74, 6) is 0.119. The molecule has 0 radical (unpaired) electrons. The fourth-order valence-electron chi connectivity index (χ4n) is 2.41. The number of aromatic hydroxyl groups is 1. The number of aromatic nitrogens is 2. The Labute approximate surface area is 131 Å². The molecule has 0 aliphatic rings. The third kappa shape index (κ3) is 2.14. The van der Waals surface area contributed by atoms with Gasteiger partial charge in [0.25, 0.3) is 0 Å². The van der Waals surface area contributed by atoms with Gasteiger partial charge in [-0.15, -0.1) is 11.3 Å². The van der Waals surface area contributed by atoms with Gasteiger partial charge in [-0.25, -0.2) is 4.98 Å². The molecule has 4 heteroatoms. The minimum atomic E-state index is 0.119. The molecule has 0 amide bonds. The van der Waals surface area contributed by atoms with Crippen LogP contribution >= 0.6 is 11.3 Å². The van der Waals surface area contributed by atoms with Crippen molar-refractivity contribution in [3.63, 3.8) is 0 Å². The molecular weight excluding hydrogens is 292 g/mol. The summed E-state index contributed by atoms with van der Waals surface area (Å²) < 4.78 is 0.907. The normalized spacial score (nSPS) is 10.9. The highest BCUT2D eigenvalue weighted by Crippen LogP contribution is 2.38. The molecule has 0 fully saturated rings. The smallest absolute Gasteiger partial charge is 0.161 e. The zero-order valence-electron chi connectivity index (χ0n) is 11.6. The minimum Gasteiger partial charge on any atom is -0.504 e. The van der Waals surface area contributed by atoms with E-state index in [2.05, 4.69) is 9.97 Å². The maximum Gasteiger partial charge on any atom is 0.161 e. The predicted molar refractivity (Wildman–Crippen MR) is 90.0 cm³/mol. The van der Waals surface area contributed by atoms with Gasteiger partial charge in [0.1, 0.15) is 10.5 Å². The molecule has 0 aliphatic heterocycles. The van der Waals surface area contributed by atoms with E-state index in [0.29, 0.717) is 5.52 Å². The Hall–Kier alpha value is -2.72. The average Bonchev–Trinajstić information content (AvgIpc) is 3.03. The summed E-state index contributed by atoms with van der Waals surface area (Å²) in [7, 11) is 0. The molecular formula is C18H12N2OS. The predicted octanol–water partition coefficient (Wildman–Crippen LogP) is 4.73. The molecule has 0 unspecified atom stereocenters. The molecule has 0 atom stereocenters. The summed E-state index contributed by atoms with van der Waals surface area (Å²) >= 11 is 1.55. The molecule has 0 aliphatic carbocycles. The summed E-state index contributed by atoms with van der Waals surface area (Å²) in [6.45, 7) is 0. The molecule has 22 heavy (non-hydrogen) atoms. The van der Waals surface area contributed by atoms with Crippen LogP contribution in [0.15, 0.2) is 66.9 Å². The summed E-state index contributed by atoms with van der Waals surface area (Å²) in [6.07, 6.45) is 1.47. The van der Waals surface area contributed by atoms with Crippen LogP contribution in [0, 0.1) is 0 Å². The highest BCUT2D eigenvalue weighted by atomic mass is 32.1. The highest BCUT2D eigenvalue weighted by molar-refractivity contribution is 7.22. The number of nitrogens with zero attached hydrogens (tertiary/aromatic N) is 2. The number of benzene rings is 2. The SMILES string of the molecule is Oc1cnc(-c2ccccc2)c2sc(-c3ccccc3)nc12. The van der Waals surface area contributed by atoms with Gasteiger partial charge in [-0.2, -0.15) is 0 Å². The van der Waals surface area contributed by atoms with Gasteiger partial charge in [0.15, 0.2) is 5.75 Å². The number of thiazole rings is 1. The summed E-state index contributed by atoms with van der Waals surface area (Å²) in [4.78, 5) is 9.00. The molecule has 0 bridgehead atoms. The van der Waals surface area contributed by atoms with E-state index in [-0.39, 0.29) is 5.75 Å². The van der Waals surface area contributed by atoms with Crippen molar-refractivity contribution in [2.24, 2.45) is 0 Å². The monoisotopic (exact) mass is 304 g/mol. The molecule has 2 heterocycles. The van der Waals surface area contributed by atoms with Gasteiger partial charge >= 0.3 is 0 Å². The lowest BCUT2D eigenvalue weighted by Crippen LogP contribution is -1.84. The second-order valence-corrected chi connectivity index (χ2v) is 5.92. The maximum absolute atomic E-state index is 10.1. The highest BCUT2D eigenvalue weighted by Gasteiger charge is 2.15. The molecule has 1 N–H and O–H groups in total. The van der Waals surface area contributed by atoms with Crippen molar-refractivity contribution in [3.8, 4) is 27.6 Å². The van der Waals surface area contributed by atoms with Crippen LogP contribution in [-0.4, -0.2) is 15.1 Å². The number of rotatable bonds is 2. The summed E-state index contributed by atoms with van der Waals surface area (Å²) in [6, 6.07) is 19.9. The first-order valence-electron chi connectivity index (χ1n) is 6.92. The number of hydrogen-bond acceptors (Lipinski definition) is 4. The molecule has 106 valence electrons. The van der Waals surface area contributed by atoms with E-state index in [1.54, 1.807) is 11.3 Å². The zero-order chi connectivity index (χ0) is 14.9. The van der Waals surface area contributed by atoms with Crippen LogP contribution in [0.2, 0.25) is 0 Å². The molecule has 4 rings (SSSR count). The van der Waals surface area contributed by atoms with Crippen molar-refractivity contribution >= 4 is 21.6 Å². The van der Waals surface area contributed by atoms with Crippen LogP contribution in [0.5, 0.6) is 5.75 Å². The van der Waals surface area contributed by atoms with Gasteiger partial charge in [0.05, 0.1) is 16.6 Å². The Morgan fingerprint density at radius 3 is 2.14 bits per heavy atom. The number of pyridine rings is 1. The molecule has 0 saturated heterocycles. The minimum absolute atomic E-state index is 0.119. The van der Waals surface area contributed by atoms with Crippen LogP contribution in [0.4, 0.5) is 0 Å². The van der Waals surface area contributed by atoms with Crippen molar-refractivity contribution < 1.29 is 5.11 Å². The Kier molecular flexibility index (Phi) is 3.09. The zero-order valence-corrected chi connectivity index (χ0v) is 12.4. The van der Waals surface area contributed by atoms with E-state index in [1.807, 2.05) is 60.7 Å². The Bertz CT molecular complexity index is 933. The van der Waals surface area contributed by atoms with Crippen LogP contribution in [0.3, 0.4) is 0 Å². The number of fused-ring (bicyclic) bond motifs is 1. The van der Waals surface area contributed by atoms with Gasteiger partial charge in [-0.3, -0.25) is 4.98 Å². The maximum atomic E-state index is 10.1. The second kappa shape index (κ2) is 5.24. The topological polar surface area (TPSA) is 46.0 Å². The molecule has 3 nitrogen and oxygen atoms in total. The van der Waals surface area contributed by atoms with Crippen molar-refractivity contribution in [2.45, 2.75) is 0 Å². The first kappa shape index (κ1) is 13.0. The molecule has 4 aromatic rings. The third-order valence-electron chi connectivity index (χ3n) is 3.47. The Balaban J connectivity index is 1.97. The van der Waals surface area contributed by atoms with Crippen LogP contribution in [0.25, 0.3) is 32.0 Å². The Morgan fingerprint density at radius 2 is 1.45 bits per heavy atom. The van der Waals surface area contributed by atoms with E-state index in [9.17, 15) is 5.11 Å². The van der Waals surface area contributed by atoms with E-state index < -0.39 is 0 Å². The third-order valence-corrected chi connectivity index (χ3v) is 4.58. The van der Waals surface area contributed by atoms with Crippen LogP contribution in [-0.2, 0) is 0 Å². The summed E-state index contributed by atoms with van der Waals surface area (Å²) in [5.41, 5.74) is 3.53. The van der Waals surface area contributed by atoms with Crippen molar-refractivity contribution in [3.05, 3.63) is 66.9 Å². The van der Waals surface area contributed by atoms with Crippen LogP contribution in [0.1, 0.15) is 0 Å². The van der Waals surface area contributed by atoms with E-state index in [0.717, 1.165) is 26.5 Å². The summed E-state index contributed by atoms with van der Waals surface area (Å²) in [5, 5.41) is 11.0. The van der Waals surface area contributed by atoms with Gasteiger partial charge in [-0.1, -0.05) is 60.7 Å². The molecule has 0 spiro atoms. The lowest BCUT2D eigenvalue weighted by molar-refractivity contribution is 0.478. The Morgan fingerprint density at radius 1 is 0.818 bits per heavy atom. The van der Waals surface area contributed by atoms with Crippen molar-refractivity contribution in [1.82, 2.24) is 9.97 Å². The van der Waals surface area contributed by atoms with E-state index in [4.69, 9.17) is 0 Å². The van der Waals surface area contributed by atoms with E-state index in [1.165, 1.54) is 6.20 Å². The molecule has 2 aromatic carbocycles. The number of hydrogen-bond donors (Lipinski definition) is 1. The second-order valence-electron chi connectivity index (χ2n) is 4.92. The van der Waals surface area contributed by atoms with Gasteiger partial charge in [0.2, 0.25) is 0 Å². The quantitative estimate of drug-likeness (QED) is 0.582. The fraction of sp³-hybridized carbons (Fsp3) is 0. The molecule has 0 saturated carbocycles. The van der Waals surface area contributed by atoms with Gasteiger partial charge < -0.3 is 5.11 Å². The lowest BCUT2D eigenvalue weighted by atomic mass is 10.1. The standard InChI is InChI=1S/C18H12N2OS/c21-14-11-19-15(12-7-3-1-4-8-12)17-16(14)20-18(22-17)13-9-5-2-6-10-13/h1-11,21H. The van der Waals surface area contributed by atoms with Crippen molar-refractivity contribution in [2.75, 3.05) is 0 Å². The first-order valence-corrected chi connectivity index (χ1v) is 7.74. The largest absolute Gasteiger partial charge is 0.504 e.